The first-order valence-electron chi connectivity index (χ1n) is 4.86. The first kappa shape index (κ1) is 9.13. The summed E-state index contributed by atoms with van der Waals surface area (Å²) < 4.78 is 0. The van der Waals surface area contributed by atoms with Crippen molar-refractivity contribution in [3.05, 3.63) is 5.82 Å². The number of rotatable bonds is 3. The zero-order chi connectivity index (χ0) is 10.2. The number of nitriles is 1. The van der Waals surface area contributed by atoms with E-state index in [-0.39, 0.29) is 0 Å². The Balaban J connectivity index is 2.15. The minimum absolute atomic E-state index is 0.408. The van der Waals surface area contributed by atoms with Gasteiger partial charge in [-0.15, -0.1) is 10.2 Å². The molecule has 2 rings (SSSR count). The summed E-state index contributed by atoms with van der Waals surface area (Å²) in [7, 11) is 0. The first-order valence-corrected chi connectivity index (χ1v) is 4.86. The largest absolute Gasteiger partial charge is 0.197 e. The minimum atomic E-state index is -0.408. The molecule has 1 aliphatic rings. The summed E-state index contributed by atoms with van der Waals surface area (Å²) in [5, 5.41) is 21.0. The zero-order valence-electron chi connectivity index (χ0n) is 8.43. The normalized spacial score (nSPS) is 18.1. The molecule has 1 aromatic rings. The van der Waals surface area contributed by atoms with E-state index in [1.807, 2.05) is 0 Å². The van der Waals surface area contributed by atoms with Gasteiger partial charge in [0.2, 0.25) is 0 Å². The Morgan fingerprint density at radius 3 is 2.79 bits per heavy atom. The van der Waals surface area contributed by atoms with Crippen molar-refractivity contribution >= 4 is 0 Å². The molecule has 5 nitrogen and oxygen atoms in total. The Bertz CT molecular complexity index is 369. The topological polar surface area (TPSA) is 67.4 Å². The van der Waals surface area contributed by atoms with E-state index in [2.05, 4.69) is 35.3 Å². The highest BCUT2D eigenvalue weighted by Crippen LogP contribution is 2.45. The first-order chi connectivity index (χ1) is 6.66. The molecule has 5 heteroatoms. The maximum Gasteiger partial charge on any atom is 0.194 e. The highest BCUT2D eigenvalue weighted by Gasteiger charge is 2.49. The molecule has 1 saturated carbocycles. The van der Waals surface area contributed by atoms with E-state index in [9.17, 15) is 0 Å². The second-order valence-corrected chi connectivity index (χ2v) is 4.26. The molecule has 0 bridgehead atoms. The predicted octanol–water partition coefficient (Wildman–Crippen LogP) is 0.884. The van der Waals surface area contributed by atoms with Crippen LogP contribution in [0, 0.1) is 17.2 Å². The van der Waals surface area contributed by atoms with Gasteiger partial charge in [0.15, 0.2) is 5.82 Å². The third kappa shape index (κ3) is 1.48. The van der Waals surface area contributed by atoms with Crippen molar-refractivity contribution in [2.45, 2.75) is 38.6 Å². The van der Waals surface area contributed by atoms with Crippen LogP contribution >= 0.6 is 0 Å². The van der Waals surface area contributed by atoms with E-state index in [0.717, 1.165) is 19.4 Å². The molecule has 1 aliphatic carbocycles. The van der Waals surface area contributed by atoms with Crippen molar-refractivity contribution in [3.63, 3.8) is 0 Å². The molecule has 0 amide bonds. The minimum Gasteiger partial charge on any atom is -0.197 e. The molecule has 0 saturated heterocycles. The van der Waals surface area contributed by atoms with Crippen LogP contribution in [0.4, 0.5) is 0 Å². The van der Waals surface area contributed by atoms with Crippen LogP contribution in [0.3, 0.4) is 0 Å². The van der Waals surface area contributed by atoms with Crippen LogP contribution in [-0.2, 0) is 12.0 Å². The van der Waals surface area contributed by atoms with Crippen molar-refractivity contribution in [2.24, 2.45) is 5.92 Å². The van der Waals surface area contributed by atoms with E-state index < -0.39 is 5.41 Å². The Hall–Kier alpha value is -1.44. The fourth-order valence-corrected chi connectivity index (χ4v) is 1.35. The molecular weight excluding hydrogens is 178 g/mol. The van der Waals surface area contributed by atoms with Gasteiger partial charge in [-0.3, -0.25) is 0 Å². The summed E-state index contributed by atoms with van der Waals surface area (Å²) >= 11 is 0. The highest BCUT2D eigenvalue weighted by atomic mass is 15.6. The molecule has 74 valence electrons. The molecule has 1 heterocycles. The molecule has 0 N–H and O–H groups in total. The van der Waals surface area contributed by atoms with Crippen molar-refractivity contribution in [2.75, 3.05) is 0 Å². The Kier molecular flexibility index (Phi) is 1.99. The maximum atomic E-state index is 8.93. The van der Waals surface area contributed by atoms with E-state index in [1.54, 1.807) is 4.80 Å². The number of nitrogens with zero attached hydrogens (tertiary/aromatic N) is 5. The van der Waals surface area contributed by atoms with Crippen molar-refractivity contribution in [3.8, 4) is 6.07 Å². The predicted molar refractivity (Wildman–Crippen MR) is 49.2 cm³/mol. The van der Waals surface area contributed by atoms with Gasteiger partial charge in [-0.05, 0) is 24.0 Å². The van der Waals surface area contributed by atoms with Crippen LogP contribution in [0.25, 0.3) is 0 Å². The van der Waals surface area contributed by atoms with Crippen LogP contribution in [0.15, 0.2) is 0 Å². The summed E-state index contributed by atoms with van der Waals surface area (Å²) in [6.07, 6.45) is 1.74. The highest BCUT2D eigenvalue weighted by molar-refractivity contribution is 5.27. The Labute approximate surface area is 82.7 Å². The zero-order valence-corrected chi connectivity index (χ0v) is 8.43. The second-order valence-electron chi connectivity index (χ2n) is 4.26. The SMILES string of the molecule is CC(C)Cn1nnc(C2(C#N)CC2)n1. The standard InChI is InChI=1S/C9H13N5/c1-7(2)5-14-12-8(11-13-14)9(6-10)3-4-9/h7H,3-5H2,1-2H3. The number of hydrogen-bond acceptors (Lipinski definition) is 4. The van der Waals surface area contributed by atoms with Crippen molar-refractivity contribution < 1.29 is 0 Å². The van der Waals surface area contributed by atoms with Crippen molar-refractivity contribution in [1.29, 1.82) is 5.26 Å². The number of hydrogen-bond donors (Lipinski definition) is 0. The molecule has 14 heavy (non-hydrogen) atoms. The molecule has 1 fully saturated rings. The molecule has 0 aliphatic heterocycles. The molecule has 0 radical (unpaired) electrons. The third-order valence-electron chi connectivity index (χ3n) is 2.37. The molecule has 0 unspecified atom stereocenters. The lowest BCUT2D eigenvalue weighted by Crippen LogP contribution is -2.10. The molecule has 1 aromatic heterocycles. The second kappa shape index (κ2) is 3.05. The van der Waals surface area contributed by atoms with Crippen LogP contribution < -0.4 is 0 Å². The molecular formula is C9H13N5. The van der Waals surface area contributed by atoms with E-state index in [1.165, 1.54) is 0 Å². The summed E-state index contributed by atoms with van der Waals surface area (Å²) in [4.78, 5) is 1.58. The van der Waals surface area contributed by atoms with Gasteiger partial charge < -0.3 is 0 Å². The fraction of sp³-hybridized carbons (Fsp3) is 0.778. The third-order valence-corrected chi connectivity index (χ3v) is 2.37. The quantitative estimate of drug-likeness (QED) is 0.711. The van der Waals surface area contributed by atoms with Crippen molar-refractivity contribution in [1.82, 2.24) is 20.2 Å². The van der Waals surface area contributed by atoms with Gasteiger partial charge in [-0.25, -0.2) is 0 Å². The average molecular weight is 191 g/mol. The summed E-state index contributed by atoms with van der Waals surface area (Å²) in [5.74, 6) is 1.09. The lowest BCUT2D eigenvalue weighted by molar-refractivity contribution is 0.428. The van der Waals surface area contributed by atoms with Crippen LogP contribution in [0.2, 0.25) is 0 Å². The molecule has 0 spiro atoms. The number of aromatic nitrogens is 4. The average Bonchev–Trinajstić information content (AvgIpc) is 2.81. The van der Waals surface area contributed by atoms with E-state index in [0.29, 0.717) is 11.7 Å². The van der Waals surface area contributed by atoms with Crippen LogP contribution in [-0.4, -0.2) is 20.2 Å². The summed E-state index contributed by atoms with van der Waals surface area (Å²) in [6.45, 7) is 4.95. The lowest BCUT2D eigenvalue weighted by Gasteiger charge is -2.01. The molecule has 0 aromatic carbocycles. The van der Waals surface area contributed by atoms with Gasteiger partial charge in [-0.2, -0.15) is 10.1 Å². The van der Waals surface area contributed by atoms with Gasteiger partial charge in [0.1, 0.15) is 5.41 Å². The van der Waals surface area contributed by atoms with E-state index >= 15 is 0 Å². The van der Waals surface area contributed by atoms with E-state index in [4.69, 9.17) is 5.26 Å². The van der Waals surface area contributed by atoms with Gasteiger partial charge in [0.05, 0.1) is 12.6 Å². The summed E-state index contributed by atoms with van der Waals surface area (Å²) in [6, 6.07) is 2.26. The Morgan fingerprint density at radius 2 is 2.29 bits per heavy atom. The monoisotopic (exact) mass is 191 g/mol. The summed E-state index contributed by atoms with van der Waals surface area (Å²) in [5.41, 5.74) is -0.408. The molecule has 0 atom stereocenters. The van der Waals surface area contributed by atoms with Gasteiger partial charge in [0, 0.05) is 0 Å². The van der Waals surface area contributed by atoms with Crippen LogP contribution in [0.1, 0.15) is 32.5 Å². The Morgan fingerprint density at radius 1 is 1.57 bits per heavy atom. The van der Waals surface area contributed by atoms with Gasteiger partial charge >= 0.3 is 0 Å². The fourth-order valence-electron chi connectivity index (χ4n) is 1.35. The smallest absolute Gasteiger partial charge is 0.194 e. The number of tetrazole rings is 1. The lowest BCUT2D eigenvalue weighted by atomic mass is 10.1. The van der Waals surface area contributed by atoms with Crippen LogP contribution in [0.5, 0.6) is 0 Å². The maximum absolute atomic E-state index is 8.93. The van der Waals surface area contributed by atoms with Gasteiger partial charge in [0.25, 0.3) is 0 Å². The van der Waals surface area contributed by atoms with Gasteiger partial charge in [-0.1, -0.05) is 13.8 Å².